The van der Waals surface area contributed by atoms with Crippen molar-refractivity contribution in [3.8, 4) is 5.75 Å². The molecule has 3 aromatic carbocycles. The molecule has 0 aliphatic carbocycles. The van der Waals surface area contributed by atoms with Crippen LogP contribution in [0.5, 0.6) is 5.75 Å². The first-order valence-corrected chi connectivity index (χ1v) is 9.83. The van der Waals surface area contributed by atoms with Crippen LogP contribution < -0.4 is 15.4 Å². The van der Waals surface area contributed by atoms with Gasteiger partial charge in [0, 0.05) is 23.7 Å². The standard InChI is InChI=1S/C24H24N2O3/c27-24(23-7-4-16-28-23)26-21-10-8-19(9-11-21)25-20-12-14-22(15-13-20)29-17-18-5-2-1-3-6-18/h1-3,5-6,8-15,23,25H,4,7,16-17H2,(H,26,27). The number of rotatable bonds is 7. The average Bonchev–Trinajstić information content (AvgIpc) is 3.31. The second-order valence-corrected chi connectivity index (χ2v) is 6.99. The second kappa shape index (κ2) is 9.26. The van der Waals surface area contributed by atoms with Crippen LogP contribution in [0.25, 0.3) is 0 Å². The number of anilines is 3. The lowest BCUT2D eigenvalue weighted by Crippen LogP contribution is -2.26. The van der Waals surface area contributed by atoms with E-state index < -0.39 is 0 Å². The van der Waals surface area contributed by atoms with E-state index in [1.54, 1.807) is 0 Å². The van der Waals surface area contributed by atoms with Crippen molar-refractivity contribution in [3.05, 3.63) is 84.4 Å². The molecule has 148 valence electrons. The van der Waals surface area contributed by atoms with Crippen LogP contribution in [0.1, 0.15) is 18.4 Å². The lowest BCUT2D eigenvalue weighted by atomic mass is 10.2. The van der Waals surface area contributed by atoms with Crippen LogP contribution >= 0.6 is 0 Å². The van der Waals surface area contributed by atoms with E-state index in [4.69, 9.17) is 9.47 Å². The van der Waals surface area contributed by atoms with Crippen molar-refractivity contribution in [2.24, 2.45) is 0 Å². The van der Waals surface area contributed by atoms with Crippen LogP contribution in [0, 0.1) is 0 Å². The van der Waals surface area contributed by atoms with Crippen molar-refractivity contribution in [3.63, 3.8) is 0 Å². The summed E-state index contributed by atoms with van der Waals surface area (Å²) in [5.74, 6) is 0.751. The lowest BCUT2D eigenvalue weighted by Gasteiger charge is -2.12. The molecule has 1 atom stereocenters. The highest BCUT2D eigenvalue weighted by Gasteiger charge is 2.23. The molecule has 5 heteroatoms. The number of hydrogen-bond acceptors (Lipinski definition) is 4. The Labute approximate surface area is 170 Å². The zero-order valence-electron chi connectivity index (χ0n) is 16.1. The summed E-state index contributed by atoms with van der Waals surface area (Å²) in [6.07, 6.45) is 1.41. The maximum atomic E-state index is 12.1. The molecule has 1 heterocycles. The first-order chi connectivity index (χ1) is 14.3. The molecular weight excluding hydrogens is 364 g/mol. The monoisotopic (exact) mass is 388 g/mol. The molecule has 1 aliphatic rings. The molecule has 0 radical (unpaired) electrons. The molecule has 0 bridgehead atoms. The Balaban J connectivity index is 1.29. The molecule has 1 amide bonds. The van der Waals surface area contributed by atoms with Gasteiger partial charge in [0.05, 0.1) is 0 Å². The lowest BCUT2D eigenvalue weighted by molar-refractivity contribution is -0.124. The molecule has 5 nitrogen and oxygen atoms in total. The summed E-state index contributed by atoms with van der Waals surface area (Å²) in [6, 6.07) is 25.6. The van der Waals surface area contributed by atoms with Crippen LogP contribution in [-0.2, 0) is 16.1 Å². The van der Waals surface area contributed by atoms with Gasteiger partial charge in [0.1, 0.15) is 18.5 Å². The third-order valence-corrected chi connectivity index (χ3v) is 4.77. The van der Waals surface area contributed by atoms with Crippen molar-refractivity contribution in [1.82, 2.24) is 0 Å². The molecule has 1 aliphatic heterocycles. The Morgan fingerprint density at radius 2 is 1.55 bits per heavy atom. The van der Waals surface area contributed by atoms with E-state index in [9.17, 15) is 4.79 Å². The van der Waals surface area contributed by atoms with Crippen molar-refractivity contribution >= 4 is 23.0 Å². The first-order valence-electron chi connectivity index (χ1n) is 9.83. The summed E-state index contributed by atoms with van der Waals surface area (Å²) < 4.78 is 11.2. The van der Waals surface area contributed by atoms with Crippen molar-refractivity contribution in [1.29, 1.82) is 0 Å². The summed E-state index contributed by atoms with van der Waals surface area (Å²) in [5, 5.41) is 6.25. The fraction of sp³-hybridized carbons (Fsp3) is 0.208. The van der Waals surface area contributed by atoms with E-state index in [-0.39, 0.29) is 12.0 Å². The smallest absolute Gasteiger partial charge is 0.253 e. The predicted molar refractivity (Wildman–Crippen MR) is 115 cm³/mol. The summed E-state index contributed by atoms with van der Waals surface area (Å²) in [4.78, 5) is 12.1. The van der Waals surface area contributed by atoms with Crippen LogP contribution in [0.3, 0.4) is 0 Å². The maximum Gasteiger partial charge on any atom is 0.253 e. The number of amides is 1. The van der Waals surface area contributed by atoms with Gasteiger partial charge in [-0.2, -0.15) is 0 Å². The van der Waals surface area contributed by atoms with Gasteiger partial charge in [-0.1, -0.05) is 30.3 Å². The zero-order chi connectivity index (χ0) is 19.9. The van der Waals surface area contributed by atoms with Crippen molar-refractivity contribution in [2.75, 3.05) is 17.2 Å². The van der Waals surface area contributed by atoms with Gasteiger partial charge in [-0.05, 0) is 66.9 Å². The highest BCUT2D eigenvalue weighted by molar-refractivity contribution is 5.94. The summed E-state index contributed by atoms with van der Waals surface area (Å²) in [5.41, 5.74) is 3.81. The molecule has 2 N–H and O–H groups in total. The molecule has 0 spiro atoms. The van der Waals surface area contributed by atoms with Gasteiger partial charge in [-0.15, -0.1) is 0 Å². The fourth-order valence-corrected chi connectivity index (χ4v) is 3.19. The minimum atomic E-state index is -0.324. The van der Waals surface area contributed by atoms with E-state index in [2.05, 4.69) is 10.6 Å². The number of hydrogen-bond donors (Lipinski definition) is 2. The fourth-order valence-electron chi connectivity index (χ4n) is 3.19. The third kappa shape index (κ3) is 5.36. The van der Waals surface area contributed by atoms with Gasteiger partial charge in [0.15, 0.2) is 0 Å². The Bertz CT molecular complexity index is 919. The Kier molecular flexibility index (Phi) is 6.07. The quantitative estimate of drug-likeness (QED) is 0.589. The van der Waals surface area contributed by atoms with Gasteiger partial charge in [-0.25, -0.2) is 0 Å². The highest BCUT2D eigenvalue weighted by Crippen LogP contribution is 2.22. The average molecular weight is 388 g/mol. The Morgan fingerprint density at radius 1 is 0.897 bits per heavy atom. The van der Waals surface area contributed by atoms with E-state index in [0.717, 1.165) is 41.2 Å². The van der Waals surface area contributed by atoms with Crippen LogP contribution in [0.2, 0.25) is 0 Å². The molecule has 1 fully saturated rings. The SMILES string of the molecule is O=C(Nc1ccc(Nc2ccc(OCc3ccccc3)cc2)cc1)C1CCCO1. The predicted octanol–water partition coefficient (Wildman–Crippen LogP) is 5.13. The minimum absolute atomic E-state index is 0.0747. The van der Waals surface area contributed by atoms with Gasteiger partial charge in [0.2, 0.25) is 0 Å². The maximum absolute atomic E-state index is 12.1. The second-order valence-electron chi connectivity index (χ2n) is 6.99. The van der Waals surface area contributed by atoms with Crippen molar-refractivity contribution < 1.29 is 14.3 Å². The van der Waals surface area contributed by atoms with Gasteiger partial charge in [0.25, 0.3) is 5.91 Å². The van der Waals surface area contributed by atoms with Crippen LogP contribution in [0.4, 0.5) is 17.1 Å². The topological polar surface area (TPSA) is 59.6 Å². The molecule has 29 heavy (non-hydrogen) atoms. The number of carbonyl (C=O) groups excluding carboxylic acids is 1. The molecule has 0 aromatic heterocycles. The molecule has 4 rings (SSSR count). The largest absolute Gasteiger partial charge is 0.489 e. The van der Waals surface area contributed by atoms with E-state index in [0.29, 0.717) is 13.2 Å². The van der Waals surface area contributed by atoms with E-state index >= 15 is 0 Å². The zero-order valence-corrected chi connectivity index (χ0v) is 16.1. The minimum Gasteiger partial charge on any atom is -0.489 e. The Morgan fingerprint density at radius 3 is 2.21 bits per heavy atom. The Hall–Kier alpha value is -3.31. The number of ether oxygens (including phenoxy) is 2. The van der Waals surface area contributed by atoms with Gasteiger partial charge >= 0.3 is 0 Å². The molecule has 3 aromatic rings. The number of carbonyl (C=O) groups is 1. The summed E-state index contributed by atoms with van der Waals surface area (Å²) >= 11 is 0. The van der Waals surface area contributed by atoms with Crippen LogP contribution in [0.15, 0.2) is 78.9 Å². The van der Waals surface area contributed by atoms with Crippen molar-refractivity contribution in [2.45, 2.75) is 25.6 Å². The third-order valence-electron chi connectivity index (χ3n) is 4.77. The number of benzene rings is 3. The van der Waals surface area contributed by atoms with E-state index in [1.165, 1.54) is 0 Å². The summed E-state index contributed by atoms with van der Waals surface area (Å²) in [7, 11) is 0. The first kappa shape index (κ1) is 19.0. The molecule has 1 saturated heterocycles. The normalized spacial score (nSPS) is 15.7. The van der Waals surface area contributed by atoms with Gasteiger partial charge < -0.3 is 20.1 Å². The molecule has 0 saturated carbocycles. The highest BCUT2D eigenvalue weighted by atomic mass is 16.5. The number of nitrogens with one attached hydrogen (secondary N) is 2. The molecule has 1 unspecified atom stereocenters. The van der Waals surface area contributed by atoms with Crippen LogP contribution in [-0.4, -0.2) is 18.6 Å². The van der Waals surface area contributed by atoms with Gasteiger partial charge in [-0.3, -0.25) is 4.79 Å². The molecular formula is C24H24N2O3. The van der Waals surface area contributed by atoms with E-state index in [1.807, 2.05) is 78.9 Å². The summed E-state index contributed by atoms with van der Waals surface area (Å²) in [6.45, 7) is 1.21.